The van der Waals surface area contributed by atoms with Crippen LogP contribution in [0.15, 0.2) is 29.1 Å². The standard InChI is InChI=1S/C15H15FN2O4/c1-7(2)13(15(21)22)18-14(20)10-6-12(19)17-11-5-8(16)3-4-9(10)11/h3-7,13H,1-2H3,(H,17,19)(H,18,20)(H,21,22). The van der Waals surface area contributed by atoms with Crippen LogP contribution in [0.4, 0.5) is 4.39 Å². The van der Waals surface area contributed by atoms with Gasteiger partial charge in [0.1, 0.15) is 11.9 Å². The molecule has 2 rings (SSSR count). The van der Waals surface area contributed by atoms with Crippen LogP contribution in [0, 0.1) is 11.7 Å². The number of hydrogen-bond donors (Lipinski definition) is 3. The van der Waals surface area contributed by atoms with Crippen LogP contribution in [0.2, 0.25) is 0 Å². The zero-order valence-electron chi connectivity index (χ0n) is 12.0. The Morgan fingerprint density at radius 3 is 2.55 bits per heavy atom. The Bertz CT molecular complexity index is 798. The van der Waals surface area contributed by atoms with E-state index in [-0.39, 0.29) is 17.0 Å². The van der Waals surface area contributed by atoms with Crippen LogP contribution in [0.1, 0.15) is 24.2 Å². The van der Waals surface area contributed by atoms with Crippen LogP contribution in [0.3, 0.4) is 0 Å². The van der Waals surface area contributed by atoms with Gasteiger partial charge in [-0.1, -0.05) is 13.8 Å². The molecule has 1 atom stereocenters. The van der Waals surface area contributed by atoms with Crippen molar-refractivity contribution in [1.29, 1.82) is 0 Å². The van der Waals surface area contributed by atoms with Crippen molar-refractivity contribution in [2.45, 2.75) is 19.9 Å². The van der Waals surface area contributed by atoms with E-state index in [4.69, 9.17) is 5.11 Å². The van der Waals surface area contributed by atoms with Crippen LogP contribution in [-0.4, -0.2) is 28.0 Å². The molecule has 3 N–H and O–H groups in total. The number of carbonyl (C=O) groups excluding carboxylic acids is 1. The lowest BCUT2D eigenvalue weighted by atomic mass is 10.0. The summed E-state index contributed by atoms with van der Waals surface area (Å²) in [4.78, 5) is 37.5. The fourth-order valence-corrected chi connectivity index (χ4v) is 2.15. The smallest absolute Gasteiger partial charge is 0.326 e. The quantitative estimate of drug-likeness (QED) is 0.797. The summed E-state index contributed by atoms with van der Waals surface area (Å²) in [5.74, 6) is -2.73. The van der Waals surface area contributed by atoms with E-state index in [2.05, 4.69) is 10.3 Å². The van der Waals surface area contributed by atoms with E-state index < -0.39 is 29.3 Å². The average molecular weight is 306 g/mol. The molecule has 0 saturated heterocycles. The van der Waals surface area contributed by atoms with Gasteiger partial charge < -0.3 is 15.4 Å². The van der Waals surface area contributed by atoms with Crippen molar-refractivity contribution in [3.05, 3.63) is 46.0 Å². The zero-order chi connectivity index (χ0) is 16.4. The lowest BCUT2D eigenvalue weighted by Gasteiger charge is -2.18. The van der Waals surface area contributed by atoms with Gasteiger partial charge in [-0.15, -0.1) is 0 Å². The Morgan fingerprint density at radius 2 is 1.95 bits per heavy atom. The maximum Gasteiger partial charge on any atom is 0.326 e. The summed E-state index contributed by atoms with van der Waals surface area (Å²) in [5, 5.41) is 11.8. The molecule has 7 heteroatoms. The maximum atomic E-state index is 13.2. The molecule has 0 spiro atoms. The zero-order valence-corrected chi connectivity index (χ0v) is 12.0. The number of fused-ring (bicyclic) bond motifs is 1. The predicted octanol–water partition coefficient (Wildman–Crippen LogP) is 1.51. The Labute approximate surface area is 125 Å². The first-order chi connectivity index (χ1) is 10.3. The molecule has 22 heavy (non-hydrogen) atoms. The number of aromatic amines is 1. The fraction of sp³-hybridized carbons (Fsp3) is 0.267. The van der Waals surface area contributed by atoms with Gasteiger partial charge in [0, 0.05) is 11.5 Å². The summed E-state index contributed by atoms with van der Waals surface area (Å²) in [6.07, 6.45) is 0. The molecule has 1 heterocycles. The van der Waals surface area contributed by atoms with Crippen LogP contribution in [0.5, 0.6) is 0 Å². The van der Waals surface area contributed by atoms with Gasteiger partial charge in [-0.25, -0.2) is 9.18 Å². The van der Waals surface area contributed by atoms with E-state index >= 15 is 0 Å². The highest BCUT2D eigenvalue weighted by Crippen LogP contribution is 2.17. The number of aliphatic carboxylic acids is 1. The molecule has 1 aromatic carbocycles. The molecule has 0 saturated carbocycles. The number of nitrogens with one attached hydrogen (secondary N) is 2. The SMILES string of the molecule is CC(C)C(NC(=O)c1cc(=O)[nH]c2cc(F)ccc12)C(=O)O. The highest BCUT2D eigenvalue weighted by molar-refractivity contribution is 6.06. The third-order valence-electron chi connectivity index (χ3n) is 3.27. The van der Waals surface area contributed by atoms with Crippen molar-refractivity contribution >= 4 is 22.8 Å². The Balaban J connectivity index is 2.48. The van der Waals surface area contributed by atoms with E-state index in [0.29, 0.717) is 5.39 Å². The van der Waals surface area contributed by atoms with Gasteiger partial charge in [-0.2, -0.15) is 0 Å². The minimum atomic E-state index is -1.16. The van der Waals surface area contributed by atoms with Crippen LogP contribution in [0.25, 0.3) is 10.9 Å². The number of aromatic nitrogens is 1. The molecule has 1 aromatic heterocycles. The number of rotatable bonds is 4. The van der Waals surface area contributed by atoms with Crippen molar-refractivity contribution in [3.8, 4) is 0 Å². The molecule has 1 amide bonds. The Hall–Kier alpha value is -2.70. The van der Waals surface area contributed by atoms with Gasteiger partial charge in [0.05, 0.1) is 11.1 Å². The average Bonchev–Trinajstić information content (AvgIpc) is 2.42. The highest BCUT2D eigenvalue weighted by Gasteiger charge is 2.25. The molecule has 0 radical (unpaired) electrons. The first-order valence-corrected chi connectivity index (χ1v) is 6.66. The molecule has 2 aromatic rings. The number of carboxylic acid groups (broad SMARTS) is 1. The van der Waals surface area contributed by atoms with Gasteiger partial charge in [0.15, 0.2) is 0 Å². The van der Waals surface area contributed by atoms with E-state index in [0.717, 1.165) is 18.2 Å². The molecule has 1 unspecified atom stereocenters. The molecular formula is C15H15FN2O4. The summed E-state index contributed by atoms with van der Waals surface area (Å²) in [5.41, 5.74) is -0.389. The molecule has 0 aliphatic carbocycles. The second-order valence-electron chi connectivity index (χ2n) is 5.27. The van der Waals surface area contributed by atoms with E-state index in [9.17, 15) is 18.8 Å². The number of hydrogen-bond acceptors (Lipinski definition) is 3. The van der Waals surface area contributed by atoms with Crippen molar-refractivity contribution in [2.75, 3.05) is 0 Å². The summed E-state index contributed by atoms with van der Waals surface area (Å²) in [6.45, 7) is 3.31. The topological polar surface area (TPSA) is 99.3 Å². The minimum absolute atomic E-state index is 0.00523. The summed E-state index contributed by atoms with van der Waals surface area (Å²) >= 11 is 0. The molecule has 0 aliphatic rings. The van der Waals surface area contributed by atoms with Crippen molar-refractivity contribution in [3.63, 3.8) is 0 Å². The minimum Gasteiger partial charge on any atom is -0.480 e. The lowest BCUT2D eigenvalue weighted by Crippen LogP contribution is -2.44. The molecule has 0 aliphatic heterocycles. The maximum absolute atomic E-state index is 13.2. The third kappa shape index (κ3) is 3.13. The van der Waals surface area contributed by atoms with Crippen molar-refractivity contribution in [2.24, 2.45) is 5.92 Å². The van der Waals surface area contributed by atoms with E-state index in [1.54, 1.807) is 13.8 Å². The molecular weight excluding hydrogens is 291 g/mol. The fourth-order valence-electron chi connectivity index (χ4n) is 2.15. The number of halogens is 1. The number of carboxylic acids is 1. The number of H-pyrrole nitrogens is 1. The van der Waals surface area contributed by atoms with Crippen LogP contribution < -0.4 is 10.9 Å². The first kappa shape index (κ1) is 15.7. The second-order valence-corrected chi connectivity index (χ2v) is 5.27. The third-order valence-corrected chi connectivity index (χ3v) is 3.27. The molecule has 116 valence electrons. The van der Waals surface area contributed by atoms with Gasteiger partial charge in [-0.3, -0.25) is 9.59 Å². The highest BCUT2D eigenvalue weighted by atomic mass is 19.1. The molecule has 0 bridgehead atoms. The van der Waals surface area contributed by atoms with Gasteiger partial charge in [0.25, 0.3) is 5.91 Å². The number of carbonyl (C=O) groups is 2. The molecule has 0 fully saturated rings. The van der Waals surface area contributed by atoms with E-state index in [1.807, 2.05) is 0 Å². The van der Waals surface area contributed by atoms with E-state index in [1.165, 1.54) is 6.07 Å². The first-order valence-electron chi connectivity index (χ1n) is 6.66. The number of pyridine rings is 1. The number of benzene rings is 1. The van der Waals surface area contributed by atoms with Crippen LogP contribution in [-0.2, 0) is 4.79 Å². The monoisotopic (exact) mass is 306 g/mol. The number of amides is 1. The summed E-state index contributed by atoms with van der Waals surface area (Å²) in [6, 6.07) is 3.61. The van der Waals surface area contributed by atoms with Gasteiger partial charge >= 0.3 is 5.97 Å². The van der Waals surface area contributed by atoms with Crippen molar-refractivity contribution < 1.29 is 19.1 Å². The Morgan fingerprint density at radius 1 is 1.27 bits per heavy atom. The summed E-state index contributed by atoms with van der Waals surface area (Å²) < 4.78 is 13.2. The van der Waals surface area contributed by atoms with Crippen LogP contribution >= 0.6 is 0 Å². The second kappa shape index (κ2) is 5.97. The largest absolute Gasteiger partial charge is 0.480 e. The van der Waals surface area contributed by atoms with Gasteiger partial charge in [0.2, 0.25) is 5.56 Å². The lowest BCUT2D eigenvalue weighted by molar-refractivity contribution is -0.140. The Kier molecular flexibility index (Phi) is 4.25. The van der Waals surface area contributed by atoms with Gasteiger partial charge in [-0.05, 0) is 24.1 Å². The molecule has 6 nitrogen and oxygen atoms in total. The normalized spacial score (nSPS) is 12.4. The van der Waals surface area contributed by atoms with Crippen molar-refractivity contribution in [1.82, 2.24) is 10.3 Å². The predicted molar refractivity (Wildman–Crippen MR) is 78.3 cm³/mol. The summed E-state index contributed by atoms with van der Waals surface area (Å²) in [7, 11) is 0.